The van der Waals surface area contributed by atoms with Crippen LogP contribution < -0.4 is 0 Å². The minimum atomic E-state index is -0.265. The number of thiol groups is 1. The van der Waals surface area contributed by atoms with Gasteiger partial charge in [-0.25, -0.2) is 0 Å². The van der Waals surface area contributed by atoms with Gasteiger partial charge in [-0.05, 0) is 25.1 Å². The van der Waals surface area contributed by atoms with Gasteiger partial charge in [-0.3, -0.25) is 9.59 Å². The third kappa shape index (κ3) is 4.14. The minimum absolute atomic E-state index is 0.0372. The quantitative estimate of drug-likeness (QED) is 0.866. The van der Waals surface area contributed by atoms with E-state index >= 15 is 0 Å². The van der Waals surface area contributed by atoms with Crippen LogP contribution in [0.15, 0.2) is 23.1 Å². The molecule has 0 N–H and O–H groups in total. The first-order valence-corrected chi connectivity index (χ1v) is 6.67. The van der Waals surface area contributed by atoms with Gasteiger partial charge in [-0.15, -0.1) is 12.6 Å². The van der Waals surface area contributed by atoms with Crippen LogP contribution in [0.2, 0.25) is 5.02 Å². The number of likely N-dealkylation sites (N-methyl/N-ethyl adjacent to an activating group) is 2. The Morgan fingerprint density at radius 2 is 1.95 bits per heavy atom. The van der Waals surface area contributed by atoms with Crippen molar-refractivity contribution >= 4 is 36.0 Å². The summed E-state index contributed by atoms with van der Waals surface area (Å²) in [4.78, 5) is 27.6. The maximum absolute atomic E-state index is 12.3. The molecule has 0 spiro atoms. The largest absolute Gasteiger partial charge is 0.347 e. The Balaban J connectivity index is 2.95. The van der Waals surface area contributed by atoms with E-state index < -0.39 is 0 Å². The lowest BCUT2D eigenvalue weighted by atomic mass is 10.2. The van der Waals surface area contributed by atoms with Crippen LogP contribution >= 0.6 is 24.2 Å². The van der Waals surface area contributed by atoms with Crippen molar-refractivity contribution in [3.05, 3.63) is 28.8 Å². The third-order valence-electron chi connectivity index (χ3n) is 2.67. The summed E-state index contributed by atoms with van der Waals surface area (Å²) in [5.41, 5.74) is 0.363. The maximum atomic E-state index is 12.3. The molecule has 19 heavy (non-hydrogen) atoms. The molecule has 1 rings (SSSR count). The number of carbonyl (C=O) groups excluding carboxylic acids is 2. The molecular formula is C13H17ClN2O2S. The summed E-state index contributed by atoms with van der Waals surface area (Å²) in [5, 5.41) is 0.360. The second-order valence-corrected chi connectivity index (χ2v) is 5.20. The van der Waals surface area contributed by atoms with E-state index in [1.54, 1.807) is 32.3 Å². The Morgan fingerprint density at radius 3 is 2.47 bits per heavy atom. The zero-order valence-corrected chi connectivity index (χ0v) is 12.8. The van der Waals surface area contributed by atoms with Gasteiger partial charge >= 0.3 is 0 Å². The summed E-state index contributed by atoms with van der Waals surface area (Å²) < 4.78 is 0. The Hall–Kier alpha value is -1.20. The van der Waals surface area contributed by atoms with Gasteiger partial charge in [0.2, 0.25) is 5.91 Å². The fraction of sp³-hybridized carbons (Fsp3) is 0.385. The van der Waals surface area contributed by atoms with E-state index in [4.69, 9.17) is 11.6 Å². The number of hydrogen-bond acceptors (Lipinski definition) is 3. The van der Waals surface area contributed by atoms with Gasteiger partial charge in [0.1, 0.15) is 0 Å². The van der Waals surface area contributed by atoms with E-state index in [1.165, 1.54) is 9.80 Å². The minimum Gasteiger partial charge on any atom is -0.347 e. The van der Waals surface area contributed by atoms with Crippen molar-refractivity contribution in [3.8, 4) is 0 Å². The van der Waals surface area contributed by atoms with Crippen LogP contribution in [-0.2, 0) is 4.79 Å². The number of rotatable bonds is 4. The first kappa shape index (κ1) is 15.9. The van der Waals surface area contributed by atoms with E-state index in [-0.39, 0.29) is 18.4 Å². The fourth-order valence-corrected chi connectivity index (χ4v) is 1.88. The molecule has 0 heterocycles. The second-order valence-electron chi connectivity index (χ2n) is 4.27. The molecule has 2 amide bonds. The molecule has 4 nitrogen and oxygen atoms in total. The molecule has 0 aliphatic carbocycles. The summed E-state index contributed by atoms with van der Waals surface area (Å²) in [6.45, 7) is 2.29. The average Bonchev–Trinajstić information content (AvgIpc) is 2.37. The highest BCUT2D eigenvalue weighted by molar-refractivity contribution is 7.80. The van der Waals surface area contributed by atoms with Crippen LogP contribution in [0.1, 0.15) is 17.3 Å². The summed E-state index contributed by atoms with van der Waals surface area (Å²) in [5.74, 6) is -0.396. The molecule has 0 atom stereocenters. The zero-order chi connectivity index (χ0) is 14.6. The number of halogens is 1. The molecule has 0 aromatic heterocycles. The predicted molar refractivity (Wildman–Crippen MR) is 79.0 cm³/mol. The van der Waals surface area contributed by atoms with E-state index in [1.807, 2.05) is 6.92 Å². The maximum Gasteiger partial charge on any atom is 0.255 e. The van der Waals surface area contributed by atoms with Crippen molar-refractivity contribution in [1.29, 1.82) is 0 Å². The van der Waals surface area contributed by atoms with Gasteiger partial charge in [-0.1, -0.05) is 11.6 Å². The Bertz CT molecular complexity index is 492. The first-order valence-electron chi connectivity index (χ1n) is 5.84. The second kappa shape index (κ2) is 6.82. The van der Waals surface area contributed by atoms with Gasteiger partial charge in [0.15, 0.2) is 0 Å². The van der Waals surface area contributed by atoms with Crippen molar-refractivity contribution < 1.29 is 9.59 Å². The van der Waals surface area contributed by atoms with Crippen LogP contribution in [0.3, 0.4) is 0 Å². The highest BCUT2D eigenvalue weighted by Crippen LogP contribution is 2.21. The van der Waals surface area contributed by atoms with Crippen LogP contribution in [-0.4, -0.2) is 48.8 Å². The fourth-order valence-electron chi connectivity index (χ4n) is 1.48. The van der Waals surface area contributed by atoms with Gasteiger partial charge in [0, 0.05) is 25.5 Å². The molecule has 1 aromatic carbocycles. The topological polar surface area (TPSA) is 40.6 Å². The third-order valence-corrected chi connectivity index (χ3v) is 3.28. The molecule has 0 unspecified atom stereocenters. The highest BCUT2D eigenvalue weighted by atomic mass is 35.5. The molecule has 6 heteroatoms. The lowest BCUT2D eigenvalue weighted by Gasteiger charge is -2.22. The van der Waals surface area contributed by atoms with E-state index in [9.17, 15) is 9.59 Å². The Morgan fingerprint density at radius 1 is 1.32 bits per heavy atom. The molecule has 0 radical (unpaired) electrons. The van der Waals surface area contributed by atoms with Gasteiger partial charge in [0.25, 0.3) is 5.91 Å². The van der Waals surface area contributed by atoms with Crippen molar-refractivity contribution in [3.63, 3.8) is 0 Å². The Kier molecular flexibility index (Phi) is 5.69. The van der Waals surface area contributed by atoms with Crippen LogP contribution in [0, 0.1) is 0 Å². The number of carbonyl (C=O) groups is 2. The molecular weight excluding hydrogens is 284 g/mol. The predicted octanol–water partition coefficient (Wildman–Crippen LogP) is 2.18. The molecule has 0 bridgehead atoms. The van der Waals surface area contributed by atoms with Gasteiger partial charge in [0.05, 0.1) is 17.1 Å². The van der Waals surface area contributed by atoms with Crippen LogP contribution in [0.4, 0.5) is 0 Å². The van der Waals surface area contributed by atoms with E-state index in [0.717, 1.165) is 0 Å². The van der Waals surface area contributed by atoms with Crippen molar-refractivity contribution in [1.82, 2.24) is 9.80 Å². The molecule has 0 fully saturated rings. The zero-order valence-electron chi connectivity index (χ0n) is 11.2. The Labute approximate surface area is 123 Å². The lowest BCUT2D eigenvalue weighted by molar-refractivity contribution is -0.129. The number of benzene rings is 1. The number of nitrogens with zero attached hydrogens (tertiary/aromatic N) is 2. The van der Waals surface area contributed by atoms with Gasteiger partial charge < -0.3 is 9.80 Å². The molecule has 1 aromatic rings. The standard InChI is InChI=1S/C13H17ClN2O2S/c1-4-16(8-12(17)15(2)3)13(18)10-7-9(19)5-6-11(10)14/h5-7,19H,4,8H2,1-3H3. The summed E-state index contributed by atoms with van der Waals surface area (Å²) >= 11 is 10.2. The average molecular weight is 301 g/mol. The van der Waals surface area contributed by atoms with Crippen molar-refractivity contribution in [2.75, 3.05) is 27.2 Å². The van der Waals surface area contributed by atoms with E-state index in [0.29, 0.717) is 22.0 Å². The van der Waals surface area contributed by atoms with E-state index in [2.05, 4.69) is 12.6 Å². The van der Waals surface area contributed by atoms with Gasteiger partial charge in [-0.2, -0.15) is 0 Å². The summed E-state index contributed by atoms with van der Waals surface area (Å²) in [7, 11) is 3.31. The molecule has 0 saturated heterocycles. The SMILES string of the molecule is CCN(CC(=O)N(C)C)C(=O)c1cc(S)ccc1Cl. The summed E-state index contributed by atoms with van der Waals surface area (Å²) in [6, 6.07) is 4.94. The molecule has 104 valence electrons. The first-order chi connectivity index (χ1) is 8.86. The van der Waals surface area contributed by atoms with Crippen LogP contribution in [0.5, 0.6) is 0 Å². The smallest absolute Gasteiger partial charge is 0.255 e. The molecule has 0 aliphatic rings. The highest BCUT2D eigenvalue weighted by Gasteiger charge is 2.20. The normalized spacial score (nSPS) is 10.2. The number of hydrogen-bond donors (Lipinski definition) is 1. The summed E-state index contributed by atoms with van der Waals surface area (Å²) in [6.07, 6.45) is 0. The lowest BCUT2D eigenvalue weighted by Crippen LogP contribution is -2.40. The molecule has 0 aliphatic heterocycles. The van der Waals surface area contributed by atoms with Crippen molar-refractivity contribution in [2.24, 2.45) is 0 Å². The monoisotopic (exact) mass is 300 g/mol. The van der Waals surface area contributed by atoms with Crippen molar-refractivity contribution in [2.45, 2.75) is 11.8 Å². The molecule has 0 saturated carbocycles. The van der Waals surface area contributed by atoms with Crippen LogP contribution in [0.25, 0.3) is 0 Å². The number of amides is 2.